The second-order valence-electron chi connectivity index (χ2n) is 8.99. The van der Waals surface area contributed by atoms with E-state index in [1.165, 1.54) is 0 Å². The maximum absolute atomic E-state index is 11.8. The third-order valence-electron chi connectivity index (χ3n) is 8.25. The first-order chi connectivity index (χ1) is 10.7. The fraction of sp³-hybridized carbons (Fsp3) is 0.750. The molecule has 0 amide bonds. The zero-order chi connectivity index (χ0) is 16.6. The molecule has 3 nitrogen and oxygen atoms in total. The van der Waals surface area contributed by atoms with Crippen molar-refractivity contribution < 1.29 is 15.0 Å². The Balaban J connectivity index is 1.74. The molecule has 0 bridgehead atoms. The van der Waals surface area contributed by atoms with Gasteiger partial charge < -0.3 is 10.2 Å². The van der Waals surface area contributed by atoms with Crippen molar-refractivity contribution in [3.63, 3.8) is 0 Å². The molecule has 3 fully saturated rings. The second-order valence-corrected chi connectivity index (χ2v) is 8.99. The van der Waals surface area contributed by atoms with Crippen LogP contribution in [-0.4, -0.2) is 21.6 Å². The summed E-state index contributed by atoms with van der Waals surface area (Å²) in [4.78, 5) is 11.8. The number of carbonyl (C=O) groups excluding carboxylic acids is 1. The van der Waals surface area contributed by atoms with Crippen LogP contribution in [0.4, 0.5) is 0 Å². The van der Waals surface area contributed by atoms with Crippen LogP contribution in [0.2, 0.25) is 0 Å². The first-order valence-electron chi connectivity index (χ1n) is 9.09. The van der Waals surface area contributed by atoms with E-state index >= 15 is 0 Å². The lowest BCUT2D eigenvalue weighted by molar-refractivity contribution is -0.117. The predicted molar refractivity (Wildman–Crippen MR) is 88.8 cm³/mol. The maximum Gasteiger partial charge on any atom is 0.219 e. The summed E-state index contributed by atoms with van der Waals surface area (Å²) in [5.41, 5.74) is 0.235. The van der Waals surface area contributed by atoms with Crippen LogP contribution in [0, 0.1) is 28.6 Å². The third-order valence-corrected chi connectivity index (χ3v) is 8.25. The highest BCUT2D eigenvalue weighted by Crippen LogP contribution is 2.67. The van der Waals surface area contributed by atoms with Gasteiger partial charge >= 0.3 is 0 Å². The Morgan fingerprint density at radius 2 is 1.78 bits per heavy atom. The molecular formula is C20H28O3. The highest BCUT2D eigenvalue weighted by molar-refractivity contribution is 6.04. The van der Waals surface area contributed by atoms with Gasteiger partial charge in [-0.3, -0.25) is 4.79 Å². The first-order valence-corrected chi connectivity index (χ1v) is 9.09. The van der Waals surface area contributed by atoms with Crippen LogP contribution in [-0.2, 0) is 4.79 Å². The average Bonchev–Trinajstić information content (AvgIpc) is 2.74. The lowest BCUT2D eigenvalue weighted by Crippen LogP contribution is -2.53. The molecular weight excluding hydrogens is 288 g/mol. The molecule has 0 spiro atoms. The van der Waals surface area contributed by atoms with Gasteiger partial charge in [-0.05, 0) is 80.3 Å². The number of aliphatic hydroxyl groups excluding tert-OH is 1. The molecule has 3 saturated carbocycles. The van der Waals surface area contributed by atoms with E-state index in [1.54, 1.807) is 6.08 Å². The molecule has 0 radical (unpaired) electrons. The average molecular weight is 316 g/mol. The van der Waals surface area contributed by atoms with Gasteiger partial charge in [-0.25, -0.2) is 0 Å². The summed E-state index contributed by atoms with van der Waals surface area (Å²) in [6, 6.07) is 0. The smallest absolute Gasteiger partial charge is 0.219 e. The number of allylic oxidation sites excluding steroid dienone is 3. The normalized spacial score (nSPS) is 52.2. The number of carbonyl (C=O) groups is 1. The summed E-state index contributed by atoms with van der Waals surface area (Å²) in [6.45, 7) is 6.51. The van der Waals surface area contributed by atoms with Gasteiger partial charge in [-0.1, -0.05) is 19.9 Å². The zero-order valence-corrected chi connectivity index (χ0v) is 14.4. The van der Waals surface area contributed by atoms with Crippen LogP contribution in [0.15, 0.2) is 23.5 Å². The Kier molecular flexibility index (Phi) is 3.02. The molecule has 4 rings (SSSR count). The standard InChI is InChI=1S/C20H28O3/c1-18-9-8-16(21)17(22)15(18)5-4-12-13(18)6-10-19(2)14(12)7-11-20(19,3)23/h8-9,12-14,22-23H,4-7,10-11H2,1-3H3/t12-,13+,14+,18-,19+,20+/m1/s1. The molecule has 2 N–H and O–H groups in total. The van der Waals surface area contributed by atoms with Crippen LogP contribution < -0.4 is 0 Å². The predicted octanol–water partition coefficient (Wildman–Crippen LogP) is 3.93. The van der Waals surface area contributed by atoms with E-state index in [0.717, 1.165) is 44.1 Å². The molecule has 126 valence electrons. The van der Waals surface area contributed by atoms with Gasteiger partial charge in [-0.15, -0.1) is 0 Å². The zero-order valence-electron chi connectivity index (χ0n) is 14.4. The SMILES string of the molecule is C[C@]12C=CC(=O)C(O)=C1CC[C@@H]1[C@@H]2CC[C@@]2(C)[C@H]1CC[C@]2(C)O. The molecule has 0 unspecified atom stereocenters. The summed E-state index contributed by atoms with van der Waals surface area (Å²) in [5.74, 6) is 1.38. The maximum atomic E-state index is 11.8. The van der Waals surface area contributed by atoms with Gasteiger partial charge in [0.1, 0.15) is 0 Å². The van der Waals surface area contributed by atoms with Crippen LogP contribution in [0.25, 0.3) is 0 Å². The summed E-state index contributed by atoms with van der Waals surface area (Å²) < 4.78 is 0. The van der Waals surface area contributed by atoms with Crippen LogP contribution in [0.5, 0.6) is 0 Å². The molecule has 4 aliphatic rings. The van der Waals surface area contributed by atoms with Gasteiger partial charge in [0.25, 0.3) is 0 Å². The quantitative estimate of drug-likeness (QED) is 0.712. The van der Waals surface area contributed by atoms with E-state index < -0.39 is 5.60 Å². The van der Waals surface area contributed by atoms with Gasteiger partial charge in [-0.2, -0.15) is 0 Å². The van der Waals surface area contributed by atoms with Crippen molar-refractivity contribution >= 4 is 5.78 Å². The lowest BCUT2D eigenvalue weighted by atomic mass is 9.47. The Labute approximate surface area is 138 Å². The van der Waals surface area contributed by atoms with Crippen LogP contribution in [0.1, 0.15) is 59.3 Å². The first kappa shape index (κ1) is 15.4. The van der Waals surface area contributed by atoms with Gasteiger partial charge in [0.05, 0.1) is 5.60 Å². The summed E-state index contributed by atoms with van der Waals surface area (Å²) in [5, 5.41) is 21.2. The number of fused-ring (bicyclic) bond motifs is 5. The molecule has 6 atom stereocenters. The highest BCUT2D eigenvalue weighted by Gasteiger charge is 2.62. The number of ketones is 1. The molecule has 23 heavy (non-hydrogen) atoms. The summed E-state index contributed by atoms with van der Waals surface area (Å²) in [7, 11) is 0. The van der Waals surface area contributed by atoms with Crippen molar-refractivity contribution in [1.29, 1.82) is 0 Å². The van der Waals surface area contributed by atoms with E-state index in [0.29, 0.717) is 17.8 Å². The van der Waals surface area contributed by atoms with Crippen molar-refractivity contribution in [2.24, 2.45) is 28.6 Å². The molecule has 0 aromatic rings. The fourth-order valence-electron chi connectivity index (χ4n) is 6.56. The lowest BCUT2D eigenvalue weighted by Gasteiger charge is -2.57. The minimum atomic E-state index is -0.555. The van der Waals surface area contributed by atoms with E-state index in [2.05, 4.69) is 19.9 Å². The molecule has 4 aliphatic carbocycles. The van der Waals surface area contributed by atoms with E-state index in [1.807, 2.05) is 6.92 Å². The Morgan fingerprint density at radius 3 is 2.52 bits per heavy atom. The number of rotatable bonds is 0. The van der Waals surface area contributed by atoms with Gasteiger partial charge in [0.2, 0.25) is 5.78 Å². The van der Waals surface area contributed by atoms with Crippen LogP contribution in [0.3, 0.4) is 0 Å². The molecule has 3 heteroatoms. The second kappa shape index (κ2) is 4.50. The Morgan fingerprint density at radius 1 is 1.09 bits per heavy atom. The minimum Gasteiger partial charge on any atom is -0.504 e. The van der Waals surface area contributed by atoms with Crippen molar-refractivity contribution in [3.8, 4) is 0 Å². The van der Waals surface area contributed by atoms with Crippen molar-refractivity contribution in [1.82, 2.24) is 0 Å². The number of hydrogen-bond acceptors (Lipinski definition) is 3. The fourth-order valence-corrected chi connectivity index (χ4v) is 6.56. The van der Waals surface area contributed by atoms with E-state index in [-0.39, 0.29) is 22.4 Å². The summed E-state index contributed by atoms with van der Waals surface area (Å²) >= 11 is 0. The molecule has 0 aliphatic heterocycles. The Bertz CT molecular complexity index is 629. The van der Waals surface area contributed by atoms with Gasteiger partial charge in [0, 0.05) is 5.41 Å². The topological polar surface area (TPSA) is 57.5 Å². The van der Waals surface area contributed by atoms with Crippen molar-refractivity contribution in [2.75, 3.05) is 0 Å². The Hall–Kier alpha value is -1.09. The molecule has 0 saturated heterocycles. The summed E-state index contributed by atoms with van der Waals surface area (Å²) in [6.07, 6.45) is 9.59. The van der Waals surface area contributed by atoms with Crippen molar-refractivity contribution in [3.05, 3.63) is 23.5 Å². The number of aliphatic hydroxyl groups is 2. The van der Waals surface area contributed by atoms with Crippen molar-refractivity contribution in [2.45, 2.75) is 64.9 Å². The third kappa shape index (κ3) is 1.77. The van der Waals surface area contributed by atoms with E-state index in [4.69, 9.17) is 0 Å². The molecule has 0 heterocycles. The monoisotopic (exact) mass is 316 g/mol. The minimum absolute atomic E-state index is 0.000189. The van der Waals surface area contributed by atoms with Gasteiger partial charge in [0.15, 0.2) is 5.76 Å². The molecule has 0 aromatic heterocycles. The highest BCUT2D eigenvalue weighted by atomic mass is 16.3. The van der Waals surface area contributed by atoms with E-state index in [9.17, 15) is 15.0 Å². The van der Waals surface area contributed by atoms with Crippen LogP contribution >= 0.6 is 0 Å². The number of hydrogen-bond donors (Lipinski definition) is 2. The molecule has 0 aromatic carbocycles. The largest absolute Gasteiger partial charge is 0.504 e.